The Labute approximate surface area is 188 Å². The van der Waals surface area contributed by atoms with Crippen molar-refractivity contribution in [2.24, 2.45) is 0 Å². The van der Waals surface area contributed by atoms with Gasteiger partial charge in [0.25, 0.3) is 11.8 Å². The number of nitrogens with zero attached hydrogens (tertiary/aromatic N) is 3. The van der Waals surface area contributed by atoms with Gasteiger partial charge in [-0.05, 0) is 32.9 Å². The minimum atomic E-state index is -0.886. The largest absolute Gasteiger partial charge is 0.503 e. The number of nitrogens with one attached hydrogen (secondary N) is 1. The van der Waals surface area contributed by atoms with Gasteiger partial charge in [-0.25, -0.2) is 4.39 Å². The van der Waals surface area contributed by atoms with E-state index in [0.717, 1.165) is 0 Å². The van der Waals surface area contributed by atoms with E-state index in [9.17, 15) is 23.9 Å². The summed E-state index contributed by atoms with van der Waals surface area (Å²) in [5.74, 6) is -2.49. The second kappa shape index (κ2) is 7.31. The number of hydrogen-bond donors (Lipinski definition) is 2. The van der Waals surface area contributed by atoms with Crippen molar-refractivity contribution < 1.29 is 19.1 Å². The number of aromatic hydroxyl groups is 1. The van der Waals surface area contributed by atoms with Gasteiger partial charge in [-0.1, -0.05) is 23.7 Å². The molecule has 4 heterocycles. The Morgan fingerprint density at radius 1 is 1.34 bits per heavy atom. The molecule has 1 saturated heterocycles. The molecule has 32 heavy (non-hydrogen) atoms. The second-order valence-corrected chi connectivity index (χ2v) is 9.04. The lowest BCUT2D eigenvalue weighted by molar-refractivity contribution is 0.0382. The lowest BCUT2D eigenvalue weighted by Crippen LogP contribution is -2.53. The van der Waals surface area contributed by atoms with Crippen LogP contribution in [0.5, 0.6) is 5.75 Å². The van der Waals surface area contributed by atoms with E-state index in [4.69, 9.17) is 11.6 Å². The quantitative estimate of drug-likeness (QED) is 0.729. The Kier molecular flexibility index (Phi) is 4.79. The summed E-state index contributed by atoms with van der Waals surface area (Å²) in [6, 6.07) is 4.22. The lowest BCUT2D eigenvalue weighted by atomic mass is 10.1. The van der Waals surface area contributed by atoms with Gasteiger partial charge in [0.2, 0.25) is 5.43 Å². The highest BCUT2D eigenvalue weighted by Gasteiger charge is 2.52. The minimum absolute atomic E-state index is 0.0525. The fourth-order valence-electron chi connectivity index (χ4n) is 5.43. The number of fused-ring (bicyclic) bond motifs is 2. The predicted molar refractivity (Wildman–Crippen MR) is 114 cm³/mol. The molecule has 168 valence electrons. The van der Waals surface area contributed by atoms with Crippen LogP contribution in [0, 0.1) is 5.82 Å². The maximum Gasteiger partial charge on any atom is 0.276 e. The fourth-order valence-corrected chi connectivity index (χ4v) is 5.62. The van der Waals surface area contributed by atoms with Crippen LogP contribution in [-0.2, 0) is 13.0 Å². The molecule has 1 fully saturated rings. The normalized spacial score (nSPS) is 23.9. The number of aromatic nitrogens is 1. The first kappa shape index (κ1) is 21.0. The standard InChI is InChI=1S/C22H22ClFN4O4/c1-10-9-26(2)21-14-7-6-13-15(18(29)19(30)17(28(13)14)22(32)27(10)21)20(31)25-8-11-4-3-5-12(23)16(11)24/h3-5,10,14,21,30H,6-9H2,1-2H3,(H,25,31)/t10-,14?,21?/m0/s1. The molecule has 3 aliphatic heterocycles. The summed E-state index contributed by atoms with van der Waals surface area (Å²) in [5, 5.41) is 13.2. The van der Waals surface area contributed by atoms with Gasteiger partial charge >= 0.3 is 0 Å². The van der Waals surface area contributed by atoms with Crippen molar-refractivity contribution in [1.29, 1.82) is 0 Å². The van der Waals surface area contributed by atoms with Crippen LogP contribution >= 0.6 is 11.6 Å². The fraction of sp³-hybridized carbons (Fsp3) is 0.409. The van der Waals surface area contributed by atoms with Crippen LogP contribution in [0.1, 0.15) is 51.5 Å². The molecule has 0 spiro atoms. The van der Waals surface area contributed by atoms with Gasteiger partial charge in [-0.15, -0.1) is 0 Å². The maximum atomic E-state index is 14.2. The van der Waals surface area contributed by atoms with E-state index < -0.39 is 28.8 Å². The van der Waals surface area contributed by atoms with Crippen molar-refractivity contribution in [3.05, 3.63) is 61.8 Å². The van der Waals surface area contributed by atoms with Crippen molar-refractivity contribution >= 4 is 23.4 Å². The molecule has 2 aromatic rings. The van der Waals surface area contributed by atoms with Gasteiger partial charge in [0.05, 0.1) is 11.1 Å². The average molecular weight is 461 g/mol. The van der Waals surface area contributed by atoms with Crippen LogP contribution in [0.25, 0.3) is 0 Å². The van der Waals surface area contributed by atoms with Gasteiger partial charge in [-0.2, -0.15) is 0 Å². The molecule has 2 amide bonds. The number of benzene rings is 1. The summed E-state index contributed by atoms with van der Waals surface area (Å²) in [4.78, 5) is 43.0. The summed E-state index contributed by atoms with van der Waals surface area (Å²) in [5.41, 5.74) is -0.537. The highest BCUT2D eigenvalue weighted by atomic mass is 35.5. The van der Waals surface area contributed by atoms with Gasteiger partial charge < -0.3 is 19.9 Å². The SMILES string of the molecule is C[C@H]1CN(C)C2C3CCc4c(C(=O)NCc5cccc(Cl)c5F)c(=O)c(O)c(n43)C(=O)N21. The number of hydrogen-bond acceptors (Lipinski definition) is 5. The molecule has 8 nitrogen and oxygen atoms in total. The third-order valence-corrected chi connectivity index (χ3v) is 7.03. The molecular formula is C22H22ClFN4O4. The van der Waals surface area contributed by atoms with Crippen molar-refractivity contribution in [2.45, 2.75) is 44.6 Å². The Hall–Kier alpha value is -2.91. The summed E-state index contributed by atoms with van der Waals surface area (Å²) in [7, 11) is 1.94. The van der Waals surface area contributed by atoms with Crippen LogP contribution in [0.4, 0.5) is 4.39 Å². The van der Waals surface area contributed by atoms with E-state index >= 15 is 0 Å². The number of likely N-dealkylation sites (N-methyl/N-ethyl adjacent to an activating group) is 1. The molecular weight excluding hydrogens is 439 g/mol. The van der Waals surface area contributed by atoms with Gasteiger partial charge in [0.15, 0.2) is 11.4 Å². The summed E-state index contributed by atoms with van der Waals surface area (Å²) in [6.07, 6.45) is 0.843. The zero-order valence-electron chi connectivity index (χ0n) is 17.6. The van der Waals surface area contributed by atoms with Crippen LogP contribution in [0.15, 0.2) is 23.0 Å². The molecule has 2 N–H and O–H groups in total. The molecule has 10 heteroatoms. The summed E-state index contributed by atoms with van der Waals surface area (Å²) in [6.45, 7) is 2.44. The van der Waals surface area contributed by atoms with Crippen LogP contribution in [0.3, 0.4) is 0 Å². The predicted octanol–water partition coefficient (Wildman–Crippen LogP) is 1.88. The van der Waals surface area contributed by atoms with Gasteiger partial charge in [0, 0.05) is 30.4 Å². The second-order valence-electron chi connectivity index (χ2n) is 8.63. The number of amides is 2. The first-order chi connectivity index (χ1) is 15.2. The molecule has 1 aromatic carbocycles. The number of carbonyl (C=O) groups excluding carboxylic acids is 2. The zero-order chi connectivity index (χ0) is 22.9. The molecule has 0 radical (unpaired) electrons. The van der Waals surface area contributed by atoms with E-state index in [0.29, 0.717) is 25.1 Å². The molecule has 5 rings (SSSR count). The Morgan fingerprint density at radius 2 is 2.09 bits per heavy atom. The molecule has 0 saturated carbocycles. The molecule has 0 bridgehead atoms. The number of rotatable bonds is 3. The van der Waals surface area contributed by atoms with Crippen LogP contribution in [0.2, 0.25) is 5.02 Å². The van der Waals surface area contributed by atoms with Crippen molar-refractivity contribution in [3.8, 4) is 5.75 Å². The average Bonchev–Trinajstić information content (AvgIpc) is 3.30. The van der Waals surface area contributed by atoms with Crippen molar-refractivity contribution in [3.63, 3.8) is 0 Å². The number of pyridine rings is 1. The molecule has 2 unspecified atom stereocenters. The number of halogens is 2. The highest BCUT2D eigenvalue weighted by Crippen LogP contribution is 2.43. The lowest BCUT2D eigenvalue weighted by Gasteiger charge is -2.41. The topological polar surface area (TPSA) is 94.9 Å². The van der Waals surface area contributed by atoms with Crippen molar-refractivity contribution in [1.82, 2.24) is 19.7 Å². The van der Waals surface area contributed by atoms with Gasteiger partial charge in [0.1, 0.15) is 17.5 Å². The third kappa shape index (κ3) is 2.80. The molecule has 0 aliphatic carbocycles. The Bertz CT molecular complexity index is 1230. The zero-order valence-corrected chi connectivity index (χ0v) is 18.3. The smallest absolute Gasteiger partial charge is 0.276 e. The highest BCUT2D eigenvalue weighted by molar-refractivity contribution is 6.30. The van der Waals surface area contributed by atoms with E-state index in [1.165, 1.54) is 12.1 Å². The van der Waals surface area contributed by atoms with E-state index in [1.807, 2.05) is 14.0 Å². The Balaban J connectivity index is 1.56. The maximum absolute atomic E-state index is 14.2. The molecule has 3 atom stereocenters. The van der Waals surface area contributed by atoms with Crippen molar-refractivity contribution in [2.75, 3.05) is 13.6 Å². The summed E-state index contributed by atoms with van der Waals surface area (Å²) >= 11 is 5.79. The summed E-state index contributed by atoms with van der Waals surface area (Å²) < 4.78 is 15.8. The van der Waals surface area contributed by atoms with Crippen LogP contribution in [-0.4, -0.2) is 57.1 Å². The molecule has 3 aliphatic rings. The van der Waals surface area contributed by atoms with Gasteiger partial charge in [-0.3, -0.25) is 19.3 Å². The minimum Gasteiger partial charge on any atom is -0.503 e. The molecule has 1 aromatic heterocycles. The van der Waals surface area contributed by atoms with E-state index in [2.05, 4.69) is 10.2 Å². The Morgan fingerprint density at radius 3 is 2.84 bits per heavy atom. The van der Waals surface area contributed by atoms with E-state index in [-0.39, 0.29) is 46.6 Å². The van der Waals surface area contributed by atoms with Crippen LogP contribution < -0.4 is 10.7 Å². The number of carbonyl (C=O) groups is 2. The monoisotopic (exact) mass is 460 g/mol. The third-order valence-electron chi connectivity index (χ3n) is 6.74. The van der Waals surface area contributed by atoms with E-state index in [1.54, 1.807) is 15.5 Å². The first-order valence-corrected chi connectivity index (χ1v) is 10.8. The first-order valence-electron chi connectivity index (χ1n) is 10.5.